The molecule has 0 saturated carbocycles. The van der Waals surface area contributed by atoms with Gasteiger partial charge in [-0.05, 0) is 24.0 Å². The van der Waals surface area contributed by atoms with Crippen LogP contribution in [0.15, 0.2) is 36.4 Å². The Bertz CT molecular complexity index is 677. The molecule has 0 amide bonds. The van der Waals surface area contributed by atoms with Crippen molar-refractivity contribution in [3.05, 3.63) is 42.0 Å². The highest BCUT2D eigenvalue weighted by Crippen LogP contribution is 2.19. The van der Waals surface area contributed by atoms with Gasteiger partial charge in [0.1, 0.15) is 0 Å². The van der Waals surface area contributed by atoms with Crippen LogP contribution in [0.2, 0.25) is 12.1 Å². The summed E-state index contributed by atoms with van der Waals surface area (Å²) >= 11 is 0. The van der Waals surface area contributed by atoms with Crippen molar-refractivity contribution in [2.24, 2.45) is 11.8 Å². The first-order valence-corrected chi connectivity index (χ1v) is 10.9. The molecule has 0 saturated heterocycles. The largest absolute Gasteiger partial charge is 0.492 e. The van der Waals surface area contributed by atoms with Crippen molar-refractivity contribution >= 4 is 20.0 Å². The van der Waals surface area contributed by atoms with Crippen LogP contribution in [-0.4, -0.2) is 29.7 Å². The molecule has 2 N–H and O–H groups in total. The number of aromatic nitrogens is 1. The van der Waals surface area contributed by atoms with Crippen molar-refractivity contribution in [2.75, 3.05) is 0 Å². The lowest BCUT2D eigenvalue weighted by molar-refractivity contribution is 0.0382. The molecular formula is C19H27NO4Si. The normalized spacial score (nSPS) is 11.5. The van der Waals surface area contributed by atoms with Gasteiger partial charge in [-0.1, -0.05) is 57.1 Å². The summed E-state index contributed by atoms with van der Waals surface area (Å²) in [6, 6.07) is 12.5. The number of hydrogen-bond acceptors (Lipinski definition) is 4. The van der Waals surface area contributed by atoms with Gasteiger partial charge in [0.2, 0.25) is 11.8 Å². The Hall–Kier alpha value is -2.21. The van der Waals surface area contributed by atoms with E-state index in [1.54, 1.807) is 12.1 Å². The van der Waals surface area contributed by atoms with Crippen LogP contribution in [-0.2, 0) is 0 Å². The maximum atomic E-state index is 12.2. The fourth-order valence-corrected chi connectivity index (χ4v) is 6.78. The lowest BCUT2D eigenvalue weighted by Gasteiger charge is -2.20. The van der Waals surface area contributed by atoms with Gasteiger partial charge in [-0.25, -0.2) is 4.79 Å². The summed E-state index contributed by atoms with van der Waals surface area (Å²) in [5.74, 6) is 0.0476. The van der Waals surface area contributed by atoms with Gasteiger partial charge < -0.3 is 15.1 Å². The van der Waals surface area contributed by atoms with Crippen molar-refractivity contribution in [3.8, 4) is 11.8 Å². The fourth-order valence-electron chi connectivity index (χ4n) is 3.03. The number of benzene rings is 1. The average Bonchev–Trinajstić information content (AvgIpc) is 2.85. The predicted molar refractivity (Wildman–Crippen MR) is 101 cm³/mol. The van der Waals surface area contributed by atoms with Gasteiger partial charge in [-0.3, -0.25) is 0 Å². The highest BCUT2D eigenvalue weighted by molar-refractivity contribution is 6.73. The first-order chi connectivity index (χ1) is 11.8. The topological polar surface area (TPSA) is 71.7 Å². The summed E-state index contributed by atoms with van der Waals surface area (Å²) in [7, 11) is -1.07. The molecule has 0 atom stereocenters. The van der Waals surface area contributed by atoms with Crippen LogP contribution >= 0.6 is 0 Å². The number of carbonyl (C=O) groups excluding carboxylic acids is 1. The molecule has 2 aromatic rings. The van der Waals surface area contributed by atoms with E-state index < -0.39 is 14.8 Å². The van der Waals surface area contributed by atoms with Crippen molar-refractivity contribution in [1.82, 2.24) is 4.73 Å². The molecular weight excluding hydrogens is 334 g/mol. The highest BCUT2D eigenvalue weighted by atomic mass is 28.3. The van der Waals surface area contributed by atoms with Crippen LogP contribution in [0.4, 0.5) is 0 Å². The Morgan fingerprint density at radius 3 is 1.88 bits per heavy atom. The van der Waals surface area contributed by atoms with Crippen LogP contribution in [0, 0.1) is 11.8 Å². The molecule has 5 nitrogen and oxygen atoms in total. The molecule has 1 aromatic carbocycles. The van der Waals surface area contributed by atoms with Gasteiger partial charge in [0, 0.05) is 12.1 Å². The Kier molecular flexibility index (Phi) is 6.31. The van der Waals surface area contributed by atoms with E-state index >= 15 is 0 Å². The maximum Gasteiger partial charge on any atom is 0.363 e. The lowest BCUT2D eigenvalue weighted by Crippen LogP contribution is -2.32. The van der Waals surface area contributed by atoms with Crippen LogP contribution in [0.5, 0.6) is 11.8 Å². The first kappa shape index (κ1) is 19.1. The lowest BCUT2D eigenvalue weighted by atomic mass is 10.2. The average molecular weight is 362 g/mol. The number of aromatic hydroxyl groups is 2. The molecule has 0 aliphatic heterocycles. The Balaban J connectivity index is 2.13. The number of carbonyl (C=O) groups is 1. The summed E-state index contributed by atoms with van der Waals surface area (Å²) in [6.07, 6.45) is 0. The summed E-state index contributed by atoms with van der Waals surface area (Å²) in [4.78, 5) is 17.2. The molecule has 1 aromatic heterocycles. The Labute approximate surface area is 150 Å². The second kappa shape index (κ2) is 8.25. The zero-order valence-electron chi connectivity index (χ0n) is 15.3. The van der Waals surface area contributed by atoms with Crippen molar-refractivity contribution in [3.63, 3.8) is 0 Å². The smallest absolute Gasteiger partial charge is 0.363 e. The van der Waals surface area contributed by atoms with Gasteiger partial charge in [0.15, 0.2) is 0 Å². The Morgan fingerprint density at radius 1 is 0.960 bits per heavy atom. The van der Waals surface area contributed by atoms with Gasteiger partial charge >= 0.3 is 5.97 Å². The summed E-state index contributed by atoms with van der Waals surface area (Å²) in [5.41, 5.74) is 0.387. The molecule has 25 heavy (non-hydrogen) atoms. The van der Waals surface area contributed by atoms with E-state index in [1.165, 1.54) is 29.4 Å². The second-order valence-corrected chi connectivity index (χ2v) is 10.3. The van der Waals surface area contributed by atoms with Crippen LogP contribution < -0.4 is 10.0 Å². The highest BCUT2D eigenvalue weighted by Gasteiger charge is 2.19. The van der Waals surface area contributed by atoms with Gasteiger partial charge in [0.25, 0.3) is 0 Å². The molecule has 0 aliphatic rings. The number of rotatable bonds is 7. The van der Waals surface area contributed by atoms with E-state index in [0.717, 1.165) is 0 Å². The van der Waals surface area contributed by atoms with E-state index in [0.29, 0.717) is 22.1 Å². The van der Waals surface area contributed by atoms with E-state index in [-0.39, 0.29) is 11.8 Å². The third kappa shape index (κ3) is 5.13. The van der Waals surface area contributed by atoms with Crippen LogP contribution in [0.25, 0.3) is 0 Å². The SMILES string of the molecule is CC(C)C[SiH](CC(C)C)c1ccc(C(=O)On2c(O)ccc2O)cc1. The molecule has 0 unspecified atom stereocenters. The Morgan fingerprint density at radius 2 is 1.44 bits per heavy atom. The molecule has 0 radical (unpaired) electrons. The van der Waals surface area contributed by atoms with Crippen LogP contribution in [0.1, 0.15) is 38.1 Å². The minimum Gasteiger partial charge on any atom is -0.492 e. The zero-order valence-corrected chi connectivity index (χ0v) is 16.4. The fraction of sp³-hybridized carbons (Fsp3) is 0.421. The molecule has 0 fully saturated rings. The van der Waals surface area contributed by atoms with Gasteiger partial charge in [0.05, 0.1) is 14.4 Å². The van der Waals surface area contributed by atoms with E-state index in [4.69, 9.17) is 4.84 Å². The summed E-state index contributed by atoms with van der Waals surface area (Å²) in [6.45, 7) is 9.01. The van der Waals surface area contributed by atoms with Crippen molar-refractivity contribution in [1.29, 1.82) is 0 Å². The van der Waals surface area contributed by atoms with Gasteiger partial charge in [-0.15, -0.1) is 4.73 Å². The van der Waals surface area contributed by atoms with E-state index in [2.05, 4.69) is 27.7 Å². The molecule has 0 bridgehead atoms. The molecule has 6 heteroatoms. The standard InChI is InChI=1S/C19H27NO4Si/c1-13(2)11-25(12-14(3)4)16-7-5-15(6-8-16)19(23)24-20-17(21)9-10-18(20)22/h5-10,13-14,21-22,25H,11-12H2,1-4H3. The molecule has 1 heterocycles. The maximum absolute atomic E-state index is 12.2. The third-order valence-electron chi connectivity index (χ3n) is 4.10. The summed E-state index contributed by atoms with van der Waals surface area (Å²) in [5, 5.41) is 20.4. The molecule has 2 rings (SSSR count). The summed E-state index contributed by atoms with van der Waals surface area (Å²) < 4.78 is 0.700. The molecule has 0 spiro atoms. The van der Waals surface area contributed by atoms with Crippen LogP contribution in [0.3, 0.4) is 0 Å². The third-order valence-corrected chi connectivity index (χ3v) is 8.45. The first-order valence-electron chi connectivity index (χ1n) is 8.70. The number of nitrogens with zero attached hydrogens (tertiary/aromatic N) is 1. The quantitative estimate of drug-likeness (QED) is 0.744. The van der Waals surface area contributed by atoms with E-state index in [1.807, 2.05) is 12.1 Å². The van der Waals surface area contributed by atoms with E-state index in [9.17, 15) is 15.0 Å². The van der Waals surface area contributed by atoms with Crippen molar-refractivity contribution < 1.29 is 19.8 Å². The minimum atomic E-state index is -1.07. The zero-order chi connectivity index (χ0) is 18.6. The van der Waals surface area contributed by atoms with Crippen molar-refractivity contribution in [2.45, 2.75) is 39.8 Å². The number of hydrogen-bond donors (Lipinski definition) is 2. The second-order valence-electron chi connectivity index (χ2n) is 7.30. The van der Waals surface area contributed by atoms with Gasteiger partial charge in [-0.2, -0.15) is 0 Å². The predicted octanol–water partition coefficient (Wildman–Crippen LogP) is 2.91. The molecule has 0 aliphatic carbocycles. The molecule has 136 valence electrons. The minimum absolute atomic E-state index is 0.330. The monoisotopic (exact) mass is 361 g/mol.